The van der Waals surface area contributed by atoms with Gasteiger partial charge < -0.3 is 14.5 Å². The van der Waals surface area contributed by atoms with Gasteiger partial charge in [0.25, 0.3) is 5.91 Å². The van der Waals surface area contributed by atoms with Crippen molar-refractivity contribution in [1.29, 1.82) is 0 Å². The summed E-state index contributed by atoms with van der Waals surface area (Å²) in [6, 6.07) is 9.36. The molecule has 1 aromatic heterocycles. The molecule has 23 heavy (non-hydrogen) atoms. The Balaban J connectivity index is 1.91. The van der Waals surface area contributed by atoms with Gasteiger partial charge in [0.2, 0.25) is 0 Å². The van der Waals surface area contributed by atoms with Crippen LogP contribution in [0.2, 0.25) is 0 Å². The number of carboxylic acid groups (broad SMARTS) is 1. The summed E-state index contributed by atoms with van der Waals surface area (Å²) in [5.74, 6) is -1.12. The monoisotopic (exact) mass is 314 g/mol. The molecule has 0 saturated carbocycles. The minimum atomic E-state index is -0.854. The van der Waals surface area contributed by atoms with Crippen molar-refractivity contribution in [2.45, 2.75) is 19.8 Å². The lowest BCUT2D eigenvalue weighted by Crippen LogP contribution is -2.42. The molecule has 0 radical (unpaired) electrons. The first-order valence-corrected chi connectivity index (χ1v) is 7.61. The van der Waals surface area contributed by atoms with E-state index in [9.17, 15) is 14.7 Å². The highest BCUT2D eigenvalue weighted by molar-refractivity contribution is 6.01. The number of aryl methyl sites for hydroxylation is 1. The number of benzene rings is 1. The second-order valence-electron chi connectivity index (χ2n) is 5.76. The minimum absolute atomic E-state index is 0.214. The molecule has 1 unspecified atom stereocenters. The number of rotatable bonds is 3. The molecule has 0 aliphatic carbocycles. The van der Waals surface area contributed by atoms with Gasteiger partial charge in [-0.2, -0.15) is 0 Å². The number of carboxylic acids is 1. The van der Waals surface area contributed by atoms with Gasteiger partial charge in [-0.05, 0) is 19.8 Å². The predicted molar refractivity (Wildman–Crippen MR) is 82.9 cm³/mol. The highest BCUT2D eigenvalue weighted by atomic mass is 16.5. The lowest BCUT2D eigenvalue weighted by atomic mass is 9.97. The summed E-state index contributed by atoms with van der Waals surface area (Å²) >= 11 is 0. The molecule has 1 fully saturated rings. The third-order valence-electron chi connectivity index (χ3n) is 4.18. The lowest BCUT2D eigenvalue weighted by molar-refractivity contribution is -0.143. The Hall–Kier alpha value is -2.63. The quantitative estimate of drug-likeness (QED) is 0.941. The first-order chi connectivity index (χ1) is 11.1. The van der Waals surface area contributed by atoms with Gasteiger partial charge in [0.05, 0.1) is 5.92 Å². The van der Waals surface area contributed by atoms with Gasteiger partial charge in [-0.15, -0.1) is 0 Å². The minimum Gasteiger partial charge on any atom is -0.481 e. The lowest BCUT2D eigenvalue weighted by Gasteiger charge is -2.30. The number of carbonyl (C=O) groups is 2. The van der Waals surface area contributed by atoms with Crippen LogP contribution >= 0.6 is 0 Å². The van der Waals surface area contributed by atoms with E-state index >= 15 is 0 Å². The Morgan fingerprint density at radius 2 is 2.04 bits per heavy atom. The van der Waals surface area contributed by atoms with Gasteiger partial charge in [0.1, 0.15) is 17.0 Å². The van der Waals surface area contributed by atoms with E-state index in [2.05, 4.69) is 5.16 Å². The molecule has 6 heteroatoms. The summed E-state index contributed by atoms with van der Waals surface area (Å²) in [4.78, 5) is 25.7. The number of hydrogen-bond acceptors (Lipinski definition) is 4. The third-order valence-corrected chi connectivity index (χ3v) is 4.18. The summed E-state index contributed by atoms with van der Waals surface area (Å²) < 4.78 is 5.22. The number of nitrogens with zero attached hydrogens (tertiary/aromatic N) is 2. The molecule has 120 valence electrons. The maximum atomic E-state index is 12.9. The summed E-state index contributed by atoms with van der Waals surface area (Å²) in [6.07, 6.45) is 1.29. The van der Waals surface area contributed by atoms with Crippen molar-refractivity contribution in [3.63, 3.8) is 0 Å². The van der Waals surface area contributed by atoms with Gasteiger partial charge in [0.15, 0.2) is 0 Å². The number of aliphatic carboxylic acids is 1. The molecule has 1 aromatic carbocycles. The van der Waals surface area contributed by atoms with Crippen LogP contribution in [0.3, 0.4) is 0 Å². The van der Waals surface area contributed by atoms with Crippen molar-refractivity contribution in [2.24, 2.45) is 5.92 Å². The third kappa shape index (κ3) is 2.97. The van der Waals surface area contributed by atoms with Crippen molar-refractivity contribution >= 4 is 11.9 Å². The van der Waals surface area contributed by atoms with Gasteiger partial charge in [-0.3, -0.25) is 9.59 Å². The Labute approximate surface area is 133 Å². The highest BCUT2D eigenvalue weighted by Crippen LogP contribution is 2.28. The van der Waals surface area contributed by atoms with E-state index < -0.39 is 11.9 Å². The molecule has 2 heterocycles. The number of hydrogen-bond donors (Lipinski definition) is 1. The van der Waals surface area contributed by atoms with Crippen LogP contribution in [0.1, 0.15) is 29.0 Å². The maximum Gasteiger partial charge on any atom is 0.308 e. The Morgan fingerprint density at radius 3 is 2.74 bits per heavy atom. The van der Waals surface area contributed by atoms with Crippen LogP contribution in [-0.2, 0) is 4.79 Å². The van der Waals surface area contributed by atoms with E-state index in [1.165, 1.54) is 0 Å². The van der Waals surface area contributed by atoms with Crippen LogP contribution in [-0.4, -0.2) is 40.1 Å². The van der Waals surface area contributed by atoms with E-state index in [0.29, 0.717) is 36.4 Å². The van der Waals surface area contributed by atoms with E-state index in [1.54, 1.807) is 11.8 Å². The predicted octanol–water partition coefficient (Wildman–Crippen LogP) is 2.59. The van der Waals surface area contributed by atoms with Crippen molar-refractivity contribution in [3.8, 4) is 11.3 Å². The molecule has 1 aliphatic rings. The van der Waals surface area contributed by atoms with E-state index in [1.807, 2.05) is 30.3 Å². The zero-order chi connectivity index (χ0) is 16.4. The van der Waals surface area contributed by atoms with Crippen LogP contribution in [0.15, 0.2) is 34.9 Å². The van der Waals surface area contributed by atoms with Gasteiger partial charge in [-0.1, -0.05) is 35.5 Å². The number of aromatic nitrogens is 1. The fraction of sp³-hybridized carbons (Fsp3) is 0.353. The first kappa shape index (κ1) is 15.3. The second-order valence-corrected chi connectivity index (χ2v) is 5.76. The average Bonchev–Trinajstić information content (AvgIpc) is 2.96. The zero-order valence-corrected chi connectivity index (χ0v) is 12.9. The molecule has 6 nitrogen and oxygen atoms in total. The SMILES string of the molecule is Cc1onc(-c2ccccc2)c1C(=O)N1CCCC(C(=O)O)C1. The van der Waals surface area contributed by atoms with Gasteiger partial charge in [0, 0.05) is 18.7 Å². The van der Waals surface area contributed by atoms with Crippen molar-refractivity contribution in [2.75, 3.05) is 13.1 Å². The van der Waals surface area contributed by atoms with Crippen molar-refractivity contribution in [1.82, 2.24) is 10.1 Å². The molecule has 3 rings (SSSR count). The number of piperidine rings is 1. The Bertz CT molecular complexity index is 723. The molecule has 1 aliphatic heterocycles. The summed E-state index contributed by atoms with van der Waals surface area (Å²) in [6.45, 7) is 2.49. The van der Waals surface area contributed by atoms with Crippen LogP contribution in [0, 0.1) is 12.8 Å². The topological polar surface area (TPSA) is 83.6 Å². The van der Waals surface area contributed by atoms with Crippen molar-refractivity contribution < 1.29 is 19.2 Å². The maximum absolute atomic E-state index is 12.9. The van der Waals surface area contributed by atoms with Crippen LogP contribution in [0.4, 0.5) is 0 Å². The number of likely N-dealkylation sites (tertiary alicyclic amines) is 1. The zero-order valence-electron chi connectivity index (χ0n) is 12.9. The smallest absolute Gasteiger partial charge is 0.308 e. The Kier molecular flexibility index (Phi) is 4.14. The van der Waals surface area contributed by atoms with E-state index in [0.717, 1.165) is 5.56 Å². The molecular formula is C17H18N2O4. The Morgan fingerprint density at radius 1 is 1.30 bits per heavy atom. The summed E-state index contributed by atoms with van der Waals surface area (Å²) in [7, 11) is 0. The molecule has 1 saturated heterocycles. The second kappa shape index (κ2) is 6.24. The van der Waals surface area contributed by atoms with E-state index in [-0.39, 0.29) is 12.5 Å². The largest absolute Gasteiger partial charge is 0.481 e. The first-order valence-electron chi connectivity index (χ1n) is 7.61. The number of carbonyl (C=O) groups excluding carboxylic acids is 1. The number of amides is 1. The van der Waals surface area contributed by atoms with Crippen LogP contribution in [0.5, 0.6) is 0 Å². The molecule has 0 bridgehead atoms. The highest BCUT2D eigenvalue weighted by Gasteiger charge is 2.32. The molecule has 1 N–H and O–H groups in total. The fourth-order valence-corrected chi connectivity index (χ4v) is 2.94. The molecular weight excluding hydrogens is 296 g/mol. The summed E-state index contributed by atoms with van der Waals surface area (Å²) in [5, 5.41) is 13.2. The van der Waals surface area contributed by atoms with Gasteiger partial charge >= 0.3 is 5.97 Å². The van der Waals surface area contributed by atoms with E-state index in [4.69, 9.17) is 4.52 Å². The average molecular weight is 314 g/mol. The molecule has 1 amide bonds. The van der Waals surface area contributed by atoms with Gasteiger partial charge in [-0.25, -0.2) is 0 Å². The van der Waals surface area contributed by atoms with Crippen LogP contribution in [0.25, 0.3) is 11.3 Å². The molecule has 2 aromatic rings. The standard InChI is InChI=1S/C17H18N2O4/c1-11-14(15(18-23-11)12-6-3-2-4-7-12)16(20)19-9-5-8-13(10-19)17(21)22/h2-4,6-7,13H,5,8-10H2,1H3,(H,21,22). The van der Waals surface area contributed by atoms with Crippen molar-refractivity contribution in [3.05, 3.63) is 41.7 Å². The summed E-state index contributed by atoms with van der Waals surface area (Å²) in [5.41, 5.74) is 1.73. The molecule has 0 spiro atoms. The normalized spacial score (nSPS) is 18.0. The van der Waals surface area contributed by atoms with Crippen LogP contribution < -0.4 is 0 Å². The molecule has 1 atom stereocenters. The fourth-order valence-electron chi connectivity index (χ4n) is 2.94.